The van der Waals surface area contributed by atoms with Crippen LogP contribution in [0.15, 0.2) is 77.9 Å². The van der Waals surface area contributed by atoms with E-state index in [2.05, 4.69) is 42.1 Å². The fraction of sp³-hybridized carbons (Fsp3) is 0.281. The molecular weight excluding hydrogens is 554 g/mol. The van der Waals surface area contributed by atoms with Gasteiger partial charge in [0.05, 0.1) is 11.4 Å². The number of hydrogen-bond acceptors (Lipinski definition) is 7. The summed E-state index contributed by atoms with van der Waals surface area (Å²) in [6.07, 6.45) is 0.919. The average molecular weight is 586 g/mol. The Morgan fingerprint density at radius 2 is 1.71 bits per heavy atom. The van der Waals surface area contributed by atoms with E-state index in [1.165, 1.54) is 9.81 Å². The van der Waals surface area contributed by atoms with E-state index in [-0.39, 0.29) is 23.6 Å². The van der Waals surface area contributed by atoms with Gasteiger partial charge in [0.1, 0.15) is 23.8 Å². The van der Waals surface area contributed by atoms with Crippen molar-refractivity contribution >= 4 is 34.9 Å². The summed E-state index contributed by atoms with van der Waals surface area (Å²) in [5.41, 5.74) is 3.38. The van der Waals surface area contributed by atoms with Gasteiger partial charge in [-0.3, -0.25) is 4.79 Å². The van der Waals surface area contributed by atoms with E-state index >= 15 is 0 Å². The van der Waals surface area contributed by atoms with Crippen molar-refractivity contribution in [3.05, 3.63) is 100 Å². The van der Waals surface area contributed by atoms with Crippen molar-refractivity contribution < 1.29 is 19.1 Å². The van der Waals surface area contributed by atoms with E-state index in [1.54, 1.807) is 43.3 Å². The molecule has 0 N–H and O–H groups in total. The minimum atomic E-state index is -1.02. The number of ether oxygens (including phenoxy) is 2. The SMILES string of the molecule is CCC(C)(C)c1cc(C)ccc1OCC1=NN(c2ccccc2)C(=O)C1n1nc(C)c(C(=O)Oc2ccc(Cl)cc2)n1. The van der Waals surface area contributed by atoms with E-state index in [0.29, 0.717) is 27.9 Å². The first-order valence-corrected chi connectivity index (χ1v) is 14.1. The first kappa shape index (κ1) is 29.0. The smallest absolute Gasteiger partial charge is 0.366 e. The molecule has 2 heterocycles. The number of anilines is 1. The number of hydrazone groups is 1. The van der Waals surface area contributed by atoms with E-state index in [0.717, 1.165) is 23.3 Å². The molecule has 5 rings (SSSR count). The van der Waals surface area contributed by atoms with Crippen molar-refractivity contribution in [2.45, 2.75) is 52.5 Å². The fourth-order valence-corrected chi connectivity index (χ4v) is 4.71. The molecule has 1 atom stereocenters. The summed E-state index contributed by atoms with van der Waals surface area (Å²) in [6, 6.07) is 20.6. The van der Waals surface area contributed by atoms with E-state index in [1.807, 2.05) is 37.3 Å². The summed E-state index contributed by atoms with van der Waals surface area (Å²) in [7, 11) is 0. The zero-order valence-corrected chi connectivity index (χ0v) is 24.9. The largest absolute Gasteiger partial charge is 0.487 e. The third kappa shape index (κ3) is 5.92. The van der Waals surface area contributed by atoms with Crippen LogP contribution in [-0.4, -0.2) is 39.2 Å². The minimum absolute atomic E-state index is 0.0123. The van der Waals surface area contributed by atoms with Crippen LogP contribution in [0.4, 0.5) is 5.69 Å². The van der Waals surface area contributed by atoms with Crippen LogP contribution in [0.2, 0.25) is 5.02 Å². The minimum Gasteiger partial charge on any atom is -0.487 e. The lowest BCUT2D eigenvalue weighted by Gasteiger charge is -2.26. The Morgan fingerprint density at radius 1 is 1.00 bits per heavy atom. The molecule has 0 aliphatic carbocycles. The Labute approximate surface area is 249 Å². The summed E-state index contributed by atoms with van der Waals surface area (Å²) < 4.78 is 11.8. The number of para-hydroxylation sites is 1. The highest BCUT2D eigenvalue weighted by molar-refractivity contribution is 6.30. The Balaban J connectivity index is 1.46. The Hall–Kier alpha value is -4.50. The lowest BCUT2D eigenvalue weighted by Crippen LogP contribution is -2.33. The third-order valence-electron chi connectivity index (χ3n) is 7.36. The monoisotopic (exact) mass is 585 g/mol. The summed E-state index contributed by atoms with van der Waals surface area (Å²) in [5.74, 6) is -0.0425. The van der Waals surface area contributed by atoms with Gasteiger partial charge in [-0.1, -0.05) is 68.3 Å². The number of esters is 1. The van der Waals surface area contributed by atoms with Crippen molar-refractivity contribution in [3.8, 4) is 11.5 Å². The summed E-state index contributed by atoms with van der Waals surface area (Å²) in [5, 5.41) is 15.3. The van der Waals surface area contributed by atoms with E-state index in [4.69, 9.17) is 21.1 Å². The molecule has 0 saturated heterocycles. The van der Waals surface area contributed by atoms with Crippen LogP contribution < -0.4 is 14.5 Å². The molecule has 0 spiro atoms. The average Bonchev–Trinajstić information content (AvgIpc) is 3.52. The van der Waals surface area contributed by atoms with Crippen molar-refractivity contribution in [3.63, 3.8) is 0 Å². The van der Waals surface area contributed by atoms with Crippen LogP contribution in [0.1, 0.15) is 60.5 Å². The van der Waals surface area contributed by atoms with Gasteiger partial charge in [0, 0.05) is 10.6 Å². The molecule has 0 fully saturated rings. The van der Waals surface area contributed by atoms with Gasteiger partial charge in [-0.25, -0.2) is 4.79 Å². The second-order valence-corrected chi connectivity index (χ2v) is 11.2. The number of benzene rings is 3. The summed E-state index contributed by atoms with van der Waals surface area (Å²) in [6.45, 7) is 10.2. The van der Waals surface area contributed by atoms with Crippen molar-refractivity contribution in [1.29, 1.82) is 0 Å². The number of aromatic nitrogens is 3. The molecule has 10 heteroatoms. The first-order chi connectivity index (χ1) is 20.1. The van der Waals surface area contributed by atoms with Crippen LogP contribution in [0, 0.1) is 13.8 Å². The van der Waals surface area contributed by atoms with Crippen LogP contribution >= 0.6 is 11.6 Å². The fourth-order valence-electron chi connectivity index (χ4n) is 4.59. The number of hydrogen-bond donors (Lipinski definition) is 0. The molecule has 9 nitrogen and oxygen atoms in total. The van der Waals surface area contributed by atoms with Crippen LogP contribution in [-0.2, 0) is 10.2 Å². The van der Waals surface area contributed by atoms with Crippen molar-refractivity contribution in [2.24, 2.45) is 5.10 Å². The molecule has 0 radical (unpaired) electrons. The van der Waals surface area contributed by atoms with Gasteiger partial charge in [-0.15, -0.1) is 5.10 Å². The van der Waals surface area contributed by atoms with E-state index in [9.17, 15) is 9.59 Å². The summed E-state index contributed by atoms with van der Waals surface area (Å²) in [4.78, 5) is 28.0. The number of carbonyl (C=O) groups is 2. The van der Waals surface area contributed by atoms with Gasteiger partial charge in [0.2, 0.25) is 0 Å². The molecule has 1 aromatic heterocycles. The van der Waals surface area contributed by atoms with Gasteiger partial charge < -0.3 is 9.47 Å². The molecule has 4 aromatic rings. The van der Waals surface area contributed by atoms with Crippen molar-refractivity contribution in [1.82, 2.24) is 15.0 Å². The highest BCUT2D eigenvalue weighted by Gasteiger charge is 2.41. The molecule has 0 saturated carbocycles. The molecule has 0 bridgehead atoms. The lowest BCUT2D eigenvalue weighted by atomic mass is 9.81. The van der Waals surface area contributed by atoms with Crippen molar-refractivity contribution in [2.75, 3.05) is 11.6 Å². The standard InChI is InChI=1S/C32H32ClN5O4/c1-6-32(4,5)25-18-20(2)12-17-27(25)41-19-26-29(30(39)37(35-26)23-10-8-7-9-11-23)38-34-21(3)28(36-38)31(40)42-24-15-13-22(33)14-16-24/h7-18,29H,6,19H2,1-5H3. The zero-order valence-electron chi connectivity index (χ0n) is 24.2. The lowest BCUT2D eigenvalue weighted by molar-refractivity contribution is -0.119. The Bertz CT molecular complexity index is 1650. The van der Waals surface area contributed by atoms with Crippen LogP contribution in [0.3, 0.4) is 0 Å². The maximum Gasteiger partial charge on any atom is 0.366 e. The number of halogens is 1. The number of nitrogens with zero attached hydrogens (tertiary/aromatic N) is 5. The number of carbonyl (C=O) groups excluding carboxylic acids is 2. The second kappa shape index (κ2) is 11.8. The summed E-state index contributed by atoms with van der Waals surface area (Å²) >= 11 is 5.94. The van der Waals surface area contributed by atoms with Gasteiger partial charge in [-0.05, 0) is 68.1 Å². The Morgan fingerprint density at radius 3 is 2.40 bits per heavy atom. The maximum absolute atomic E-state index is 13.8. The topological polar surface area (TPSA) is 98.9 Å². The predicted molar refractivity (Wildman–Crippen MR) is 162 cm³/mol. The van der Waals surface area contributed by atoms with Gasteiger partial charge >= 0.3 is 5.97 Å². The van der Waals surface area contributed by atoms with Gasteiger partial charge in [0.15, 0.2) is 11.7 Å². The molecule has 3 aromatic carbocycles. The number of rotatable bonds is 9. The molecule has 216 valence electrons. The second-order valence-electron chi connectivity index (χ2n) is 10.8. The maximum atomic E-state index is 13.8. The van der Waals surface area contributed by atoms with Crippen LogP contribution in [0.5, 0.6) is 11.5 Å². The molecule has 1 aliphatic rings. The Kier molecular flexibility index (Phi) is 8.13. The van der Waals surface area contributed by atoms with Gasteiger partial charge in [0.25, 0.3) is 5.91 Å². The molecule has 1 amide bonds. The third-order valence-corrected chi connectivity index (χ3v) is 7.61. The number of aryl methyl sites for hydroxylation is 2. The van der Waals surface area contributed by atoms with Crippen LogP contribution in [0.25, 0.3) is 0 Å². The first-order valence-electron chi connectivity index (χ1n) is 13.7. The quantitative estimate of drug-likeness (QED) is 0.165. The van der Waals surface area contributed by atoms with Gasteiger partial charge in [-0.2, -0.15) is 20.0 Å². The molecule has 1 unspecified atom stereocenters. The van der Waals surface area contributed by atoms with E-state index < -0.39 is 12.0 Å². The highest BCUT2D eigenvalue weighted by atomic mass is 35.5. The normalized spacial score (nSPS) is 15.1. The zero-order chi connectivity index (χ0) is 30.0. The molecule has 1 aliphatic heterocycles. The molecular formula is C32H32ClN5O4. The molecule has 42 heavy (non-hydrogen) atoms. The predicted octanol–water partition coefficient (Wildman–Crippen LogP) is 6.48. The highest BCUT2D eigenvalue weighted by Crippen LogP contribution is 2.35. The number of amides is 1.